The second-order valence-corrected chi connectivity index (χ2v) is 2.57. The van der Waals surface area contributed by atoms with E-state index in [2.05, 4.69) is 17.4 Å². The van der Waals surface area contributed by atoms with Gasteiger partial charge in [-0.3, -0.25) is 0 Å². The lowest BCUT2D eigenvalue weighted by Crippen LogP contribution is -2.11. The molecule has 1 aromatic carbocycles. The summed E-state index contributed by atoms with van der Waals surface area (Å²) >= 11 is 0. The van der Waals surface area contributed by atoms with Crippen LogP contribution in [0.1, 0.15) is 11.6 Å². The molecule has 2 nitrogen and oxygen atoms in total. The molecular formula is C8H10N2. The van der Waals surface area contributed by atoms with E-state index in [-0.39, 0.29) is 6.04 Å². The fourth-order valence-electron chi connectivity index (χ4n) is 1.31. The Balaban J connectivity index is 2.51. The first-order valence-corrected chi connectivity index (χ1v) is 3.46. The van der Waals surface area contributed by atoms with Crippen molar-refractivity contribution < 1.29 is 0 Å². The molecule has 0 bridgehead atoms. The van der Waals surface area contributed by atoms with E-state index in [1.54, 1.807) is 0 Å². The SMILES string of the molecule is NC1CNc2ccccc21. The first-order chi connectivity index (χ1) is 4.88. The smallest absolute Gasteiger partial charge is 0.0491 e. The zero-order chi connectivity index (χ0) is 6.97. The van der Waals surface area contributed by atoms with Crippen LogP contribution in [0.25, 0.3) is 0 Å². The first kappa shape index (κ1) is 5.74. The van der Waals surface area contributed by atoms with Crippen molar-refractivity contribution in [3.63, 3.8) is 0 Å². The predicted octanol–water partition coefficient (Wildman–Crippen LogP) is 1.11. The van der Waals surface area contributed by atoms with Crippen molar-refractivity contribution in [1.29, 1.82) is 0 Å². The number of nitrogens with one attached hydrogen (secondary N) is 1. The van der Waals surface area contributed by atoms with Gasteiger partial charge in [-0.15, -0.1) is 0 Å². The Hall–Kier alpha value is -1.02. The van der Waals surface area contributed by atoms with Crippen molar-refractivity contribution in [2.45, 2.75) is 6.04 Å². The zero-order valence-corrected chi connectivity index (χ0v) is 5.67. The number of nitrogens with two attached hydrogens (primary N) is 1. The summed E-state index contributed by atoms with van der Waals surface area (Å²) in [5.74, 6) is 0. The lowest BCUT2D eigenvalue weighted by Gasteiger charge is -1.99. The third kappa shape index (κ3) is 0.693. The van der Waals surface area contributed by atoms with Crippen LogP contribution in [0.2, 0.25) is 0 Å². The molecule has 0 saturated heterocycles. The van der Waals surface area contributed by atoms with Crippen molar-refractivity contribution in [3.05, 3.63) is 29.8 Å². The molecule has 1 aromatic rings. The van der Waals surface area contributed by atoms with Gasteiger partial charge in [-0.05, 0) is 11.6 Å². The Bertz CT molecular complexity index is 245. The fraction of sp³-hybridized carbons (Fsp3) is 0.250. The molecule has 1 atom stereocenters. The highest BCUT2D eigenvalue weighted by Gasteiger charge is 2.16. The van der Waals surface area contributed by atoms with Crippen LogP contribution in [-0.2, 0) is 0 Å². The van der Waals surface area contributed by atoms with E-state index >= 15 is 0 Å². The Labute approximate surface area is 60.0 Å². The Morgan fingerprint density at radius 1 is 1.40 bits per heavy atom. The van der Waals surface area contributed by atoms with Gasteiger partial charge in [0.05, 0.1) is 0 Å². The average Bonchev–Trinajstić information content (AvgIpc) is 2.34. The lowest BCUT2D eigenvalue weighted by atomic mass is 10.1. The number of anilines is 1. The maximum absolute atomic E-state index is 5.78. The molecule has 1 unspecified atom stereocenters. The number of rotatable bonds is 0. The molecule has 52 valence electrons. The van der Waals surface area contributed by atoms with E-state index in [0.717, 1.165) is 6.54 Å². The molecule has 0 spiro atoms. The monoisotopic (exact) mass is 134 g/mol. The predicted molar refractivity (Wildman–Crippen MR) is 41.9 cm³/mol. The molecule has 1 aliphatic rings. The minimum absolute atomic E-state index is 0.191. The van der Waals surface area contributed by atoms with Gasteiger partial charge in [-0.1, -0.05) is 18.2 Å². The highest BCUT2D eigenvalue weighted by atomic mass is 15.0. The molecule has 0 amide bonds. The van der Waals surface area contributed by atoms with Gasteiger partial charge >= 0.3 is 0 Å². The van der Waals surface area contributed by atoms with Gasteiger partial charge in [0, 0.05) is 18.3 Å². The summed E-state index contributed by atoms with van der Waals surface area (Å²) < 4.78 is 0. The molecular weight excluding hydrogens is 124 g/mol. The first-order valence-electron chi connectivity index (χ1n) is 3.46. The van der Waals surface area contributed by atoms with Gasteiger partial charge in [0.25, 0.3) is 0 Å². The average molecular weight is 134 g/mol. The van der Waals surface area contributed by atoms with E-state index in [4.69, 9.17) is 5.73 Å². The number of benzene rings is 1. The van der Waals surface area contributed by atoms with Crippen molar-refractivity contribution in [2.75, 3.05) is 11.9 Å². The minimum Gasteiger partial charge on any atom is -0.383 e. The number of fused-ring (bicyclic) bond motifs is 1. The largest absolute Gasteiger partial charge is 0.383 e. The maximum Gasteiger partial charge on any atom is 0.0491 e. The molecule has 0 aromatic heterocycles. The van der Waals surface area contributed by atoms with Gasteiger partial charge in [0.15, 0.2) is 0 Å². The molecule has 0 fully saturated rings. The lowest BCUT2D eigenvalue weighted by molar-refractivity contribution is 0.808. The van der Waals surface area contributed by atoms with E-state index < -0.39 is 0 Å². The molecule has 2 heteroatoms. The summed E-state index contributed by atoms with van der Waals surface area (Å²) in [5, 5.41) is 3.22. The van der Waals surface area contributed by atoms with Crippen LogP contribution < -0.4 is 11.1 Å². The maximum atomic E-state index is 5.78. The van der Waals surface area contributed by atoms with Crippen molar-refractivity contribution in [3.8, 4) is 0 Å². The normalized spacial score (nSPS) is 21.9. The fourth-order valence-corrected chi connectivity index (χ4v) is 1.31. The molecule has 0 radical (unpaired) electrons. The van der Waals surface area contributed by atoms with Crippen molar-refractivity contribution in [1.82, 2.24) is 0 Å². The molecule has 0 saturated carbocycles. The second kappa shape index (κ2) is 1.99. The van der Waals surface area contributed by atoms with Crippen molar-refractivity contribution >= 4 is 5.69 Å². The van der Waals surface area contributed by atoms with E-state index in [9.17, 15) is 0 Å². The summed E-state index contributed by atoms with van der Waals surface area (Å²) in [5.41, 5.74) is 8.21. The Morgan fingerprint density at radius 3 is 3.00 bits per heavy atom. The second-order valence-electron chi connectivity index (χ2n) is 2.57. The third-order valence-corrected chi connectivity index (χ3v) is 1.87. The van der Waals surface area contributed by atoms with Gasteiger partial charge < -0.3 is 11.1 Å². The number of hydrogen-bond acceptors (Lipinski definition) is 2. The Morgan fingerprint density at radius 2 is 2.20 bits per heavy atom. The van der Waals surface area contributed by atoms with Crippen molar-refractivity contribution in [2.24, 2.45) is 5.73 Å². The summed E-state index contributed by atoms with van der Waals surface area (Å²) in [4.78, 5) is 0. The standard InChI is InChI=1S/C8H10N2/c9-7-5-10-8-4-2-1-3-6(7)8/h1-4,7,10H,5,9H2. The van der Waals surface area contributed by atoms with Gasteiger partial charge in [0.2, 0.25) is 0 Å². The van der Waals surface area contributed by atoms with Crippen LogP contribution >= 0.6 is 0 Å². The molecule has 1 aliphatic heterocycles. The van der Waals surface area contributed by atoms with Crippen LogP contribution in [0.4, 0.5) is 5.69 Å². The molecule has 0 aliphatic carbocycles. The third-order valence-electron chi connectivity index (χ3n) is 1.87. The van der Waals surface area contributed by atoms with Gasteiger partial charge in [-0.25, -0.2) is 0 Å². The quantitative estimate of drug-likeness (QED) is 0.558. The molecule has 2 rings (SSSR count). The topological polar surface area (TPSA) is 38.0 Å². The van der Waals surface area contributed by atoms with Gasteiger partial charge in [-0.2, -0.15) is 0 Å². The Kier molecular flexibility index (Phi) is 1.14. The highest BCUT2D eigenvalue weighted by molar-refractivity contribution is 5.56. The summed E-state index contributed by atoms with van der Waals surface area (Å²) in [6.07, 6.45) is 0. The summed E-state index contributed by atoms with van der Waals surface area (Å²) in [6.45, 7) is 0.874. The summed E-state index contributed by atoms with van der Waals surface area (Å²) in [6, 6.07) is 8.36. The van der Waals surface area contributed by atoms with Gasteiger partial charge in [0.1, 0.15) is 0 Å². The van der Waals surface area contributed by atoms with Crippen LogP contribution in [-0.4, -0.2) is 6.54 Å². The van der Waals surface area contributed by atoms with Crippen LogP contribution in [0.15, 0.2) is 24.3 Å². The number of para-hydroxylation sites is 1. The number of hydrogen-bond donors (Lipinski definition) is 2. The molecule has 10 heavy (non-hydrogen) atoms. The van der Waals surface area contributed by atoms with E-state index in [1.807, 2.05) is 12.1 Å². The highest BCUT2D eigenvalue weighted by Crippen LogP contribution is 2.26. The van der Waals surface area contributed by atoms with E-state index in [1.165, 1.54) is 11.3 Å². The summed E-state index contributed by atoms with van der Waals surface area (Å²) in [7, 11) is 0. The zero-order valence-electron chi connectivity index (χ0n) is 5.67. The van der Waals surface area contributed by atoms with Crippen LogP contribution in [0.3, 0.4) is 0 Å². The van der Waals surface area contributed by atoms with E-state index in [0.29, 0.717) is 0 Å². The minimum atomic E-state index is 0.191. The molecule has 3 N–H and O–H groups in total. The molecule has 1 heterocycles. The van der Waals surface area contributed by atoms with Crippen LogP contribution in [0, 0.1) is 0 Å². The van der Waals surface area contributed by atoms with Crippen LogP contribution in [0.5, 0.6) is 0 Å².